The number of rotatable bonds is 6. The fourth-order valence-electron chi connectivity index (χ4n) is 2.01. The van der Waals surface area contributed by atoms with Crippen LogP contribution < -0.4 is 5.32 Å². The molecule has 0 aliphatic carbocycles. The van der Waals surface area contributed by atoms with Gasteiger partial charge in [0.1, 0.15) is 0 Å². The van der Waals surface area contributed by atoms with Gasteiger partial charge in [-0.05, 0) is 37.8 Å². The number of carbonyl (C=O) groups is 2. The van der Waals surface area contributed by atoms with Gasteiger partial charge in [-0.2, -0.15) is 5.26 Å². The van der Waals surface area contributed by atoms with E-state index in [-0.39, 0.29) is 12.2 Å². The average molecular weight is 286 g/mol. The Hall–Kier alpha value is -2.15. The molecule has 0 radical (unpaired) electrons. The van der Waals surface area contributed by atoms with Crippen molar-refractivity contribution >= 4 is 17.4 Å². The molecule has 0 heterocycles. The van der Waals surface area contributed by atoms with Crippen LogP contribution in [0.5, 0.6) is 0 Å². The Labute approximate surface area is 126 Å². The fraction of sp³-hybridized carbons (Fsp3) is 0.471. The van der Waals surface area contributed by atoms with Gasteiger partial charge in [0.05, 0.1) is 6.07 Å². The summed E-state index contributed by atoms with van der Waals surface area (Å²) in [5.74, 6) is -1.72. The number of hydrogen-bond acceptors (Lipinski definition) is 3. The first-order valence-electron chi connectivity index (χ1n) is 7.15. The Morgan fingerprint density at radius 3 is 2.48 bits per heavy atom. The zero-order chi connectivity index (χ0) is 16.0. The molecule has 4 heteroatoms. The van der Waals surface area contributed by atoms with E-state index in [1.54, 1.807) is 6.07 Å². The summed E-state index contributed by atoms with van der Waals surface area (Å²) in [6.07, 6.45) is 0.948. The summed E-state index contributed by atoms with van der Waals surface area (Å²) in [6.45, 7) is 7.85. The molecule has 1 aromatic rings. The number of anilines is 1. The Kier molecular flexibility index (Phi) is 6.10. The van der Waals surface area contributed by atoms with E-state index in [0.29, 0.717) is 18.0 Å². The third-order valence-corrected chi connectivity index (χ3v) is 3.32. The van der Waals surface area contributed by atoms with Crippen molar-refractivity contribution in [2.24, 2.45) is 11.8 Å². The van der Waals surface area contributed by atoms with E-state index in [0.717, 1.165) is 11.1 Å². The van der Waals surface area contributed by atoms with Crippen molar-refractivity contribution in [3.63, 3.8) is 0 Å². The molecule has 21 heavy (non-hydrogen) atoms. The summed E-state index contributed by atoms with van der Waals surface area (Å²) in [7, 11) is 0. The maximum atomic E-state index is 12.1. The van der Waals surface area contributed by atoms with Crippen LogP contribution in [-0.2, 0) is 9.59 Å². The zero-order valence-corrected chi connectivity index (χ0v) is 13.1. The maximum absolute atomic E-state index is 12.1. The van der Waals surface area contributed by atoms with E-state index >= 15 is 0 Å². The molecule has 0 bridgehead atoms. The molecule has 1 amide bonds. The molecule has 1 aromatic carbocycles. The predicted molar refractivity (Wildman–Crippen MR) is 82.7 cm³/mol. The van der Waals surface area contributed by atoms with Crippen molar-refractivity contribution in [2.45, 2.75) is 40.5 Å². The smallest absolute Gasteiger partial charge is 0.249 e. The summed E-state index contributed by atoms with van der Waals surface area (Å²) in [5, 5.41) is 11.8. The Morgan fingerprint density at radius 2 is 1.95 bits per heavy atom. The fourth-order valence-corrected chi connectivity index (χ4v) is 2.01. The van der Waals surface area contributed by atoms with Gasteiger partial charge in [-0.3, -0.25) is 9.59 Å². The summed E-state index contributed by atoms with van der Waals surface area (Å²) < 4.78 is 0. The van der Waals surface area contributed by atoms with Gasteiger partial charge < -0.3 is 5.32 Å². The van der Waals surface area contributed by atoms with Crippen LogP contribution in [0, 0.1) is 37.0 Å². The molecule has 4 nitrogen and oxygen atoms in total. The van der Waals surface area contributed by atoms with E-state index in [1.165, 1.54) is 0 Å². The monoisotopic (exact) mass is 286 g/mol. The van der Waals surface area contributed by atoms with Crippen LogP contribution in [0.1, 0.15) is 37.8 Å². The second-order valence-electron chi connectivity index (χ2n) is 5.77. The van der Waals surface area contributed by atoms with Gasteiger partial charge in [0.25, 0.3) is 0 Å². The average Bonchev–Trinajstić information content (AvgIpc) is 2.40. The largest absolute Gasteiger partial charge is 0.324 e. The van der Waals surface area contributed by atoms with Gasteiger partial charge in [0, 0.05) is 12.1 Å². The van der Waals surface area contributed by atoms with Crippen molar-refractivity contribution < 1.29 is 9.59 Å². The first-order chi connectivity index (χ1) is 9.85. The molecule has 1 N–H and O–H groups in total. The summed E-state index contributed by atoms with van der Waals surface area (Å²) >= 11 is 0. The third-order valence-electron chi connectivity index (χ3n) is 3.32. The number of amides is 1. The second kappa shape index (κ2) is 7.58. The number of aryl methyl sites for hydroxylation is 2. The highest BCUT2D eigenvalue weighted by Crippen LogP contribution is 2.18. The molecule has 1 rings (SSSR count). The van der Waals surface area contributed by atoms with Gasteiger partial charge in [0.2, 0.25) is 5.91 Å². The van der Waals surface area contributed by atoms with Crippen molar-refractivity contribution in [3.8, 4) is 6.07 Å². The van der Waals surface area contributed by atoms with E-state index in [1.807, 2.05) is 45.9 Å². The van der Waals surface area contributed by atoms with Gasteiger partial charge in [-0.1, -0.05) is 31.5 Å². The maximum Gasteiger partial charge on any atom is 0.249 e. The zero-order valence-electron chi connectivity index (χ0n) is 13.1. The Morgan fingerprint density at radius 1 is 1.29 bits per heavy atom. The lowest BCUT2D eigenvalue weighted by atomic mass is 9.97. The molecule has 0 saturated carbocycles. The number of benzene rings is 1. The minimum absolute atomic E-state index is 0.260. The lowest BCUT2D eigenvalue weighted by Crippen LogP contribution is -2.29. The molecular formula is C17H22N2O2. The normalized spacial score (nSPS) is 11.8. The molecule has 0 spiro atoms. The summed E-state index contributed by atoms with van der Waals surface area (Å²) in [4.78, 5) is 24.1. The number of nitrogens with zero attached hydrogens (tertiary/aromatic N) is 1. The Bertz CT molecular complexity index is 571. The SMILES string of the molecule is Cc1ccc(NC(=O)[C@@H](C#N)C(=O)CCC(C)C)c(C)c1. The molecule has 0 aliphatic heterocycles. The molecule has 0 aliphatic rings. The molecule has 0 aromatic heterocycles. The predicted octanol–water partition coefficient (Wildman–Crippen LogP) is 3.39. The molecule has 0 saturated heterocycles. The molecule has 0 unspecified atom stereocenters. The standard InChI is InChI=1S/C17H22N2O2/c1-11(2)5-8-16(20)14(10-18)17(21)19-15-7-6-12(3)9-13(15)4/h6-7,9,11,14H,5,8H2,1-4H3,(H,19,21)/t14-/m0/s1. The minimum atomic E-state index is -1.23. The highest BCUT2D eigenvalue weighted by atomic mass is 16.2. The second-order valence-corrected chi connectivity index (χ2v) is 5.77. The topological polar surface area (TPSA) is 70.0 Å². The van der Waals surface area contributed by atoms with Crippen molar-refractivity contribution in [1.82, 2.24) is 0 Å². The van der Waals surface area contributed by atoms with Gasteiger partial charge in [-0.25, -0.2) is 0 Å². The van der Waals surface area contributed by atoms with Crippen LogP contribution in [0.25, 0.3) is 0 Å². The lowest BCUT2D eigenvalue weighted by Gasteiger charge is -2.12. The van der Waals surface area contributed by atoms with Crippen LogP contribution in [0.3, 0.4) is 0 Å². The number of Topliss-reactive ketones (excluding diaryl/α,β-unsaturated/α-hetero) is 1. The van der Waals surface area contributed by atoms with Crippen LogP contribution in [0.4, 0.5) is 5.69 Å². The lowest BCUT2D eigenvalue weighted by molar-refractivity contribution is -0.129. The van der Waals surface area contributed by atoms with Gasteiger partial charge in [0.15, 0.2) is 11.7 Å². The quantitative estimate of drug-likeness (QED) is 0.815. The first-order valence-corrected chi connectivity index (χ1v) is 7.15. The number of nitriles is 1. The van der Waals surface area contributed by atoms with Crippen molar-refractivity contribution in [1.29, 1.82) is 5.26 Å². The van der Waals surface area contributed by atoms with Crippen LogP contribution in [-0.4, -0.2) is 11.7 Å². The van der Waals surface area contributed by atoms with E-state index in [4.69, 9.17) is 5.26 Å². The highest BCUT2D eigenvalue weighted by Gasteiger charge is 2.26. The summed E-state index contributed by atoms with van der Waals surface area (Å²) in [5.41, 5.74) is 2.65. The van der Waals surface area contributed by atoms with Gasteiger partial charge in [-0.15, -0.1) is 0 Å². The van der Waals surface area contributed by atoms with E-state index < -0.39 is 11.8 Å². The molecule has 112 valence electrons. The van der Waals surface area contributed by atoms with Crippen molar-refractivity contribution in [3.05, 3.63) is 29.3 Å². The number of carbonyl (C=O) groups excluding carboxylic acids is 2. The third kappa shape index (κ3) is 5.03. The van der Waals surface area contributed by atoms with Crippen LogP contribution in [0.2, 0.25) is 0 Å². The van der Waals surface area contributed by atoms with Crippen molar-refractivity contribution in [2.75, 3.05) is 5.32 Å². The molecular weight excluding hydrogens is 264 g/mol. The van der Waals surface area contributed by atoms with E-state index in [9.17, 15) is 9.59 Å². The number of ketones is 1. The minimum Gasteiger partial charge on any atom is -0.324 e. The van der Waals surface area contributed by atoms with Crippen LogP contribution >= 0.6 is 0 Å². The molecule has 1 atom stereocenters. The summed E-state index contributed by atoms with van der Waals surface area (Å²) in [6, 6.07) is 7.42. The Balaban J connectivity index is 2.76. The number of hydrogen-bond donors (Lipinski definition) is 1. The number of nitrogens with one attached hydrogen (secondary N) is 1. The molecule has 0 fully saturated rings. The first kappa shape index (κ1) is 16.9. The van der Waals surface area contributed by atoms with Crippen LogP contribution in [0.15, 0.2) is 18.2 Å². The van der Waals surface area contributed by atoms with Gasteiger partial charge >= 0.3 is 0 Å². The highest BCUT2D eigenvalue weighted by molar-refractivity contribution is 6.09. The van der Waals surface area contributed by atoms with E-state index in [2.05, 4.69) is 5.32 Å².